The molecule has 0 saturated heterocycles. The lowest BCUT2D eigenvalue weighted by Gasteiger charge is -2.38. The van der Waals surface area contributed by atoms with E-state index in [0.29, 0.717) is 34.5 Å². The van der Waals surface area contributed by atoms with Gasteiger partial charge in [-0.2, -0.15) is 0 Å². The predicted molar refractivity (Wildman–Crippen MR) is 139 cm³/mol. The van der Waals surface area contributed by atoms with Gasteiger partial charge < -0.3 is 29.8 Å². The van der Waals surface area contributed by atoms with Crippen molar-refractivity contribution in [3.05, 3.63) is 93.6 Å². The molecule has 7 nitrogen and oxygen atoms in total. The average Bonchev–Trinajstić information content (AvgIpc) is 3.26. The van der Waals surface area contributed by atoms with E-state index < -0.39 is 12.5 Å². The second-order valence-electron chi connectivity index (χ2n) is 8.71. The molecule has 4 N–H and O–H groups in total. The summed E-state index contributed by atoms with van der Waals surface area (Å²) < 4.78 is 11.4. The Kier molecular flexibility index (Phi) is 7.39. The number of fused-ring (bicyclic) bond motifs is 3. The van der Waals surface area contributed by atoms with Crippen LogP contribution in [0.3, 0.4) is 0 Å². The van der Waals surface area contributed by atoms with E-state index in [-0.39, 0.29) is 19.3 Å². The van der Waals surface area contributed by atoms with Crippen LogP contribution < -0.4 is 9.47 Å². The first kappa shape index (κ1) is 24.9. The highest BCUT2D eigenvalue weighted by Crippen LogP contribution is 2.40. The van der Waals surface area contributed by atoms with Crippen LogP contribution in [0.2, 0.25) is 10.0 Å². The molecule has 9 heteroatoms. The molecule has 3 unspecified atom stereocenters. The van der Waals surface area contributed by atoms with Crippen molar-refractivity contribution in [3.8, 4) is 11.5 Å². The lowest BCUT2D eigenvalue weighted by Crippen LogP contribution is -2.46. The summed E-state index contributed by atoms with van der Waals surface area (Å²) in [6.45, 7) is 0.173. The number of ether oxygens (including phenoxy) is 2. The van der Waals surface area contributed by atoms with E-state index in [2.05, 4.69) is 4.98 Å². The van der Waals surface area contributed by atoms with Crippen LogP contribution in [-0.2, 0) is 6.42 Å². The van der Waals surface area contributed by atoms with Crippen molar-refractivity contribution < 1.29 is 24.8 Å². The van der Waals surface area contributed by atoms with E-state index in [1.165, 1.54) is 0 Å². The molecule has 188 valence electrons. The van der Waals surface area contributed by atoms with Crippen LogP contribution in [0.25, 0.3) is 10.9 Å². The fourth-order valence-electron chi connectivity index (χ4n) is 4.57. The van der Waals surface area contributed by atoms with Crippen molar-refractivity contribution >= 4 is 34.1 Å². The van der Waals surface area contributed by atoms with E-state index in [1.807, 2.05) is 35.2 Å². The molecule has 0 aliphatic carbocycles. The highest BCUT2D eigenvalue weighted by atomic mass is 35.5. The highest BCUT2D eigenvalue weighted by molar-refractivity contribution is 6.31. The summed E-state index contributed by atoms with van der Waals surface area (Å²) in [7, 11) is 0. The minimum absolute atomic E-state index is 0.00796. The van der Waals surface area contributed by atoms with Crippen molar-refractivity contribution in [2.75, 3.05) is 19.8 Å². The average molecular weight is 529 g/mol. The van der Waals surface area contributed by atoms with Crippen LogP contribution in [0.1, 0.15) is 22.9 Å². The Morgan fingerprint density at radius 1 is 0.944 bits per heavy atom. The fourth-order valence-corrected chi connectivity index (χ4v) is 4.87. The van der Waals surface area contributed by atoms with Gasteiger partial charge in [-0.05, 0) is 72.1 Å². The smallest absolute Gasteiger partial charge is 0.260 e. The van der Waals surface area contributed by atoms with Crippen molar-refractivity contribution in [2.45, 2.75) is 25.0 Å². The maximum Gasteiger partial charge on any atom is 0.260 e. The molecule has 1 aliphatic rings. The van der Waals surface area contributed by atoms with Crippen LogP contribution >= 0.6 is 23.2 Å². The van der Waals surface area contributed by atoms with Gasteiger partial charge in [-0.15, -0.1) is 0 Å². The maximum absolute atomic E-state index is 11.2. The lowest BCUT2D eigenvalue weighted by molar-refractivity contribution is -0.150. The first-order valence-corrected chi connectivity index (χ1v) is 12.4. The van der Waals surface area contributed by atoms with E-state index >= 15 is 0 Å². The van der Waals surface area contributed by atoms with E-state index in [4.69, 9.17) is 37.8 Å². The number of halogens is 2. The first-order chi connectivity index (χ1) is 17.4. The molecular weight excluding hydrogens is 503 g/mol. The normalized spacial score (nSPS) is 17.5. The van der Waals surface area contributed by atoms with Gasteiger partial charge in [0.2, 0.25) is 0 Å². The molecule has 1 aromatic heterocycles. The summed E-state index contributed by atoms with van der Waals surface area (Å²) in [5.41, 5.74) is 4.00. The van der Waals surface area contributed by atoms with E-state index in [1.54, 1.807) is 36.4 Å². The van der Waals surface area contributed by atoms with Crippen LogP contribution in [0.5, 0.6) is 11.5 Å². The predicted octanol–water partition coefficient (Wildman–Crippen LogP) is 4.51. The van der Waals surface area contributed by atoms with Gasteiger partial charge in [-0.1, -0.05) is 35.3 Å². The number of rotatable bonds is 8. The third-order valence-corrected chi connectivity index (χ3v) is 6.80. The van der Waals surface area contributed by atoms with Crippen molar-refractivity contribution in [3.63, 3.8) is 0 Å². The third kappa shape index (κ3) is 5.18. The monoisotopic (exact) mass is 528 g/mol. The number of aliphatic hydroxyl groups excluding tert-OH is 3. The number of nitrogens with one attached hydrogen (secondary N) is 1. The zero-order valence-electron chi connectivity index (χ0n) is 19.3. The Labute approximate surface area is 218 Å². The molecule has 0 fully saturated rings. The number of hydrogen-bond donors (Lipinski definition) is 4. The third-order valence-electron chi connectivity index (χ3n) is 6.31. The Morgan fingerprint density at radius 3 is 2.36 bits per heavy atom. The maximum atomic E-state index is 11.2. The first-order valence-electron chi connectivity index (χ1n) is 11.6. The van der Waals surface area contributed by atoms with Gasteiger partial charge in [0.1, 0.15) is 24.2 Å². The molecule has 2 heterocycles. The molecule has 3 aromatic carbocycles. The Morgan fingerprint density at radius 2 is 1.64 bits per heavy atom. The summed E-state index contributed by atoms with van der Waals surface area (Å²) in [5, 5.41) is 32.0. The van der Waals surface area contributed by atoms with Crippen LogP contribution in [0.15, 0.2) is 66.7 Å². The van der Waals surface area contributed by atoms with Gasteiger partial charge in [-0.25, -0.2) is 4.90 Å². The SMILES string of the molecule is OCC(O)COc1ccc(C2c3[nH]c4ccc(Cl)cc4c3CCN2C(O)Oc2ccc(Cl)cc2)cc1. The molecule has 0 saturated carbocycles. The second-order valence-corrected chi connectivity index (χ2v) is 9.58. The zero-order chi connectivity index (χ0) is 25.2. The van der Waals surface area contributed by atoms with Crippen LogP contribution in [0.4, 0.5) is 0 Å². The quantitative estimate of drug-likeness (QED) is 0.251. The van der Waals surface area contributed by atoms with Gasteiger partial charge >= 0.3 is 0 Å². The zero-order valence-corrected chi connectivity index (χ0v) is 20.8. The van der Waals surface area contributed by atoms with Crippen molar-refractivity contribution in [1.29, 1.82) is 0 Å². The standard InChI is InChI=1S/C27H26Cl2N2O5/c28-17-3-8-21(9-4-17)36-27(34)31-12-11-22-23-13-18(29)5-10-24(23)30-25(22)26(31)16-1-6-20(7-2-16)35-15-19(33)14-32/h1-10,13,19,26-27,30,32-34H,11-12,14-15H2. The summed E-state index contributed by atoms with van der Waals surface area (Å²) in [5.74, 6) is 1.07. The topological polar surface area (TPSA) is 98.2 Å². The lowest BCUT2D eigenvalue weighted by atomic mass is 9.92. The molecule has 4 aromatic rings. The summed E-state index contributed by atoms with van der Waals surface area (Å²) in [6, 6.07) is 19.7. The highest BCUT2D eigenvalue weighted by Gasteiger charge is 2.36. The molecule has 0 amide bonds. The molecule has 36 heavy (non-hydrogen) atoms. The Bertz CT molecular complexity index is 1330. The number of nitrogens with zero attached hydrogens (tertiary/aromatic N) is 1. The number of aromatic amines is 1. The molecular formula is C27H26Cl2N2O5. The molecule has 0 bridgehead atoms. The Hall–Kier alpha value is -2.78. The summed E-state index contributed by atoms with van der Waals surface area (Å²) >= 11 is 12.3. The van der Waals surface area contributed by atoms with E-state index in [0.717, 1.165) is 27.7 Å². The minimum atomic E-state index is -1.21. The summed E-state index contributed by atoms with van der Waals surface area (Å²) in [6.07, 6.45) is -1.46. The van der Waals surface area contributed by atoms with Gasteiger partial charge in [0.25, 0.3) is 6.41 Å². The van der Waals surface area contributed by atoms with E-state index in [9.17, 15) is 10.2 Å². The van der Waals surface area contributed by atoms with Crippen LogP contribution in [-0.4, -0.2) is 57.5 Å². The van der Waals surface area contributed by atoms with Gasteiger partial charge in [0.05, 0.1) is 12.6 Å². The summed E-state index contributed by atoms with van der Waals surface area (Å²) in [4.78, 5) is 5.42. The van der Waals surface area contributed by atoms with Crippen LogP contribution in [0, 0.1) is 0 Å². The molecule has 1 aliphatic heterocycles. The number of aliphatic hydroxyl groups is 3. The number of H-pyrrole nitrogens is 1. The van der Waals surface area contributed by atoms with Gasteiger partial charge in [0.15, 0.2) is 0 Å². The van der Waals surface area contributed by atoms with Crippen molar-refractivity contribution in [2.24, 2.45) is 0 Å². The molecule has 3 atom stereocenters. The number of benzene rings is 3. The van der Waals surface area contributed by atoms with Crippen molar-refractivity contribution in [1.82, 2.24) is 9.88 Å². The molecule has 0 radical (unpaired) electrons. The minimum Gasteiger partial charge on any atom is -0.491 e. The Balaban J connectivity index is 1.49. The largest absolute Gasteiger partial charge is 0.491 e. The number of hydrogen-bond acceptors (Lipinski definition) is 6. The van der Waals surface area contributed by atoms with Gasteiger partial charge in [0, 0.05) is 33.2 Å². The molecule has 0 spiro atoms. The van der Waals surface area contributed by atoms with Gasteiger partial charge in [-0.3, -0.25) is 0 Å². The second kappa shape index (κ2) is 10.7. The number of aromatic nitrogens is 1. The molecule has 5 rings (SSSR count). The fraction of sp³-hybridized carbons (Fsp3) is 0.259.